The molecule has 118 valence electrons. The molecule has 0 amide bonds. The number of nitrogens with one attached hydrogen (secondary N) is 1. The van der Waals surface area contributed by atoms with E-state index in [1.54, 1.807) is 7.11 Å². The summed E-state index contributed by atoms with van der Waals surface area (Å²) >= 11 is 0. The molecule has 0 spiro atoms. The van der Waals surface area contributed by atoms with E-state index in [4.69, 9.17) is 14.7 Å². The fourth-order valence-corrected chi connectivity index (χ4v) is 3.07. The second-order valence-electron chi connectivity index (χ2n) is 6.06. The van der Waals surface area contributed by atoms with Crippen LogP contribution in [0.4, 0.5) is 0 Å². The molecule has 0 saturated carbocycles. The zero-order chi connectivity index (χ0) is 15.1. The van der Waals surface area contributed by atoms with Crippen LogP contribution in [0.15, 0.2) is 0 Å². The average molecular weight is 291 g/mol. The fraction of sp³-hybridized carbons (Fsp3) is 0.765. The monoisotopic (exact) mass is 291 g/mol. The van der Waals surface area contributed by atoms with Crippen molar-refractivity contribution in [1.82, 2.24) is 15.3 Å². The molecule has 1 aromatic rings. The smallest absolute Gasteiger partial charge is 0.128 e. The summed E-state index contributed by atoms with van der Waals surface area (Å²) in [5.74, 6) is 1.73. The summed E-state index contributed by atoms with van der Waals surface area (Å²) in [6.45, 7) is 7.39. The highest BCUT2D eigenvalue weighted by molar-refractivity contribution is 5.28. The van der Waals surface area contributed by atoms with E-state index in [2.05, 4.69) is 19.2 Å². The third-order valence-corrected chi connectivity index (χ3v) is 4.24. The van der Waals surface area contributed by atoms with Crippen LogP contribution in [-0.2, 0) is 24.0 Å². The predicted molar refractivity (Wildman–Crippen MR) is 85.6 cm³/mol. The lowest BCUT2D eigenvalue weighted by Gasteiger charge is -2.25. The maximum absolute atomic E-state index is 5.10. The molecule has 1 N–H and O–H groups in total. The van der Waals surface area contributed by atoms with Crippen molar-refractivity contribution in [2.45, 2.75) is 52.4 Å². The number of aryl methyl sites for hydroxylation is 3. The molecular weight excluding hydrogens is 262 g/mol. The van der Waals surface area contributed by atoms with Gasteiger partial charge in [0.1, 0.15) is 5.82 Å². The Hall–Kier alpha value is -1.00. The van der Waals surface area contributed by atoms with E-state index in [9.17, 15) is 0 Å². The summed E-state index contributed by atoms with van der Waals surface area (Å²) in [6.07, 6.45) is 6.61. The first-order chi connectivity index (χ1) is 10.2. The molecule has 1 atom stereocenters. The number of hydrogen-bond acceptors (Lipinski definition) is 4. The van der Waals surface area contributed by atoms with Gasteiger partial charge in [0, 0.05) is 31.5 Å². The van der Waals surface area contributed by atoms with Crippen molar-refractivity contribution in [3.63, 3.8) is 0 Å². The molecule has 1 heterocycles. The number of aromatic nitrogens is 2. The summed E-state index contributed by atoms with van der Waals surface area (Å²) < 4.78 is 5.10. The number of rotatable bonds is 8. The molecular formula is C17H29N3O. The van der Waals surface area contributed by atoms with Gasteiger partial charge in [-0.15, -0.1) is 0 Å². The molecule has 4 nitrogen and oxygen atoms in total. The maximum atomic E-state index is 5.10. The van der Waals surface area contributed by atoms with Crippen LogP contribution in [0.1, 0.15) is 49.0 Å². The Morgan fingerprint density at radius 1 is 1.33 bits per heavy atom. The molecule has 1 aromatic heterocycles. The van der Waals surface area contributed by atoms with Crippen LogP contribution in [0, 0.1) is 12.8 Å². The Morgan fingerprint density at radius 3 is 2.95 bits per heavy atom. The second kappa shape index (κ2) is 8.44. The molecule has 0 aliphatic heterocycles. The standard InChI is InChI=1S/C17H29N3O/c1-4-9-18-12-14-7-8-16-15(11-14)13(2)19-17(20-16)6-5-10-21-3/h14,18H,4-12H2,1-3H3. The average Bonchev–Trinajstić information content (AvgIpc) is 2.48. The highest BCUT2D eigenvalue weighted by Crippen LogP contribution is 2.26. The summed E-state index contributed by atoms with van der Waals surface area (Å²) in [6, 6.07) is 0. The Kier molecular flexibility index (Phi) is 6.58. The summed E-state index contributed by atoms with van der Waals surface area (Å²) in [5.41, 5.74) is 3.88. The van der Waals surface area contributed by atoms with Crippen LogP contribution in [-0.4, -0.2) is 36.8 Å². The van der Waals surface area contributed by atoms with Gasteiger partial charge in [-0.3, -0.25) is 0 Å². The number of hydrogen-bond donors (Lipinski definition) is 1. The Labute approximate surface area is 128 Å². The molecule has 21 heavy (non-hydrogen) atoms. The van der Waals surface area contributed by atoms with Crippen molar-refractivity contribution in [2.75, 3.05) is 26.8 Å². The van der Waals surface area contributed by atoms with Crippen molar-refractivity contribution >= 4 is 0 Å². The van der Waals surface area contributed by atoms with Crippen molar-refractivity contribution in [1.29, 1.82) is 0 Å². The van der Waals surface area contributed by atoms with Crippen LogP contribution in [0.25, 0.3) is 0 Å². The molecule has 0 radical (unpaired) electrons. The molecule has 0 bridgehead atoms. The van der Waals surface area contributed by atoms with Crippen molar-refractivity contribution in [3.8, 4) is 0 Å². The zero-order valence-electron chi connectivity index (χ0n) is 13.7. The minimum atomic E-state index is 0.741. The van der Waals surface area contributed by atoms with E-state index in [0.29, 0.717) is 0 Å². The first kappa shape index (κ1) is 16.4. The van der Waals surface area contributed by atoms with E-state index in [1.807, 2.05) is 0 Å². The molecule has 0 aromatic carbocycles. The molecule has 1 unspecified atom stereocenters. The molecule has 1 aliphatic rings. The van der Waals surface area contributed by atoms with Gasteiger partial charge < -0.3 is 10.1 Å². The fourth-order valence-electron chi connectivity index (χ4n) is 3.07. The van der Waals surface area contributed by atoms with E-state index >= 15 is 0 Å². The molecule has 0 fully saturated rings. The topological polar surface area (TPSA) is 47.0 Å². The summed E-state index contributed by atoms with van der Waals surface area (Å²) in [5, 5.41) is 3.55. The third kappa shape index (κ3) is 4.75. The van der Waals surface area contributed by atoms with Crippen LogP contribution in [0.5, 0.6) is 0 Å². The summed E-state index contributed by atoms with van der Waals surface area (Å²) in [7, 11) is 1.74. The Bertz CT molecular complexity index is 448. The van der Waals surface area contributed by atoms with Crippen molar-refractivity contribution in [3.05, 3.63) is 22.8 Å². The number of fused-ring (bicyclic) bond motifs is 1. The first-order valence-electron chi connectivity index (χ1n) is 8.29. The highest BCUT2D eigenvalue weighted by Gasteiger charge is 2.22. The highest BCUT2D eigenvalue weighted by atomic mass is 16.5. The van der Waals surface area contributed by atoms with Gasteiger partial charge in [0.15, 0.2) is 0 Å². The Balaban J connectivity index is 1.97. The Morgan fingerprint density at radius 2 is 2.19 bits per heavy atom. The lowest BCUT2D eigenvalue weighted by atomic mass is 9.85. The molecule has 0 saturated heterocycles. The normalized spacial score (nSPS) is 17.8. The van der Waals surface area contributed by atoms with Crippen LogP contribution in [0.3, 0.4) is 0 Å². The van der Waals surface area contributed by atoms with Gasteiger partial charge in [0.05, 0.1) is 0 Å². The number of methoxy groups -OCH3 is 1. The van der Waals surface area contributed by atoms with Crippen LogP contribution >= 0.6 is 0 Å². The van der Waals surface area contributed by atoms with Crippen LogP contribution in [0.2, 0.25) is 0 Å². The van der Waals surface area contributed by atoms with E-state index < -0.39 is 0 Å². The van der Waals surface area contributed by atoms with Gasteiger partial charge in [-0.1, -0.05) is 6.92 Å². The van der Waals surface area contributed by atoms with E-state index in [-0.39, 0.29) is 0 Å². The molecule has 4 heteroatoms. The number of nitrogens with zero attached hydrogens (tertiary/aromatic N) is 2. The maximum Gasteiger partial charge on any atom is 0.128 e. The third-order valence-electron chi connectivity index (χ3n) is 4.24. The molecule has 2 rings (SSSR count). The van der Waals surface area contributed by atoms with Gasteiger partial charge in [-0.05, 0) is 63.6 Å². The lowest BCUT2D eigenvalue weighted by Crippen LogP contribution is -2.29. The number of ether oxygens (including phenoxy) is 1. The molecule has 1 aliphatic carbocycles. The minimum absolute atomic E-state index is 0.741. The summed E-state index contributed by atoms with van der Waals surface area (Å²) in [4.78, 5) is 9.49. The minimum Gasteiger partial charge on any atom is -0.385 e. The zero-order valence-corrected chi connectivity index (χ0v) is 13.7. The van der Waals surface area contributed by atoms with Gasteiger partial charge in [0.25, 0.3) is 0 Å². The van der Waals surface area contributed by atoms with Gasteiger partial charge >= 0.3 is 0 Å². The van der Waals surface area contributed by atoms with Crippen molar-refractivity contribution in [2.24, 2.45) is 5.92 Å². The van der Waals surface area contributed by atoms with Crippen LogP contribution < -0.4 is 5.32 Å². The van der Waals surface area contributed by atoms with E-state index in [1.165, 1.54) is 29.8 Å². The SMILES string of the molecule is CCCNCC1CCc2nc(CCCOC)nc(C)c2C1. The van der Waals surface area contributed by atoms with Gasteiger partial charge in [0.2, 0.25) is 0 Å². The van der Waals surface area contributed by atoms with Gasteiger partial charge in [-0.2, -0.15) is 0 Å². The largest absolute Gasteiger partial charge is 0.385 e. The van der Waals surface area contributed by atoms with E-state index in [0.717, 1.165) is 57.1 Å². The second-order valence-corrected chi connectivity index (χ2v) is 6.06. The van der Waals surface area contributed by atoms with Crippen molar-refractivity contribution < 1.29 is 4.74 Å². The predicted octanol–water partition coefficient (Wildman–Crippen LogP) is 2.47. The lowest BCUT2D eigenvalue weighted by molar-refractivity contribution is 0.194. The first-order valence-corrected chi connectivity index (χ1v) is 8.29. The van der Waals surface area contributed by atoms with Gasteiger partial charge in [-0.25, -0.2) is 9.97 Å². The quantitative estimate of drug-likeness (QED) is 0.748.